The van der Waals surface area contributed by atoms with E-state index in [0.29, 0.717) is 24.6 Å². The van der Waals surface area contributed by atoms with Crippen molar-refractivity contribution in [1.29, 1.82) is 0 Å². The molecule has 172 valence electrons. The fraction of sp³-hybridized carbons (Fsp3) is 0.500. The fourth-order valence-electron chi connectivity index (χ4n) is 3.94. The Labute approximate surface area is 183 Å². The molecule has 2 amide bonds. The number of carbonyl (C=O) groups excluding carboxylic acids is 2. The predicted octanol–water partition coefficient (Wildman–Crippen LogP) is 3.12. The summed E-state index contributed by atoms with van der Waals surface area (Å²) in [5, 5.41) is 7.31. The number of piperidine rings is 1. The molecule has 2 heterocycles. The summed E-state index contributed by atoms with van der Waals surface area (Å²) in [5.41, 5.74) is 0.709. The van der Waals surface area contributed by atoms with Gasteiger partial charge in [0.05, 0.1) is 16.8 Å². The maximum atomic E-state index is 13.1. The number of rotatable bonds is 6. The van der Waals surface area contributed by atoms with Crippen LogP contribution >= 0.6 is 0 Å². The first kappa shape index (κ1) is 22.2. The van der Waals surface area contributed by atoms with Crippen molar-refractivity contribution in [2.24, 2.45) is 7.05 Å². The molecule has 1 N–H and O–H groups in total. The summed E-state index contributed by atoms with van der Waals surface area (Å²) < 4.78 is 44.8. The van der Waals surface area contributed by atoms with Crippen LogP contribution in [0.4, 0.5) is 13.2 Å². The number of carbonyl (C=O) groups is 2. The van der Waals surface area contributed by atoms with E-state index in [1.807, 2.05) is 0 Å². The average Bonchev–Trinajstić information content (AvgIpc) is 3.53. The number of likely N-dealkylation sites (tertiary alicyclic amines) is 1. The second kappa shape index (κ2) is 8.84. The van der Waals surface area contributed by atoms with E-state index in [-0.39, 0.29) is 30.2 Å². The van der Waals surface area contributed by atoms with Gasteiger partial charge in [0.15, 0.2) is 6.61 Å². The number of aromatic nitrogens is 2. The molecule has 0 bridgehead atoms. The Hall–Kier alpha value is -3.04. The van der Waals surface area contributed by atoms with Gasteiger partial charge in [-0.15, -0.1) is 0 Å². The third-order valence-electron chi connectivity index (χ3n) is 5.68. The molecule has 1 aliphatic heterocycles. The van der Waals surface area contributed by atoms with Gasteiger partial charge in [-0.2, -0.15) is 18.3 Å². The second-order valence-electron chi connectivity index (χ2n) is 8.34. The van der Waals surface area contributed by atoms with Crippen molar-refractivity contribution in [3.05, 3.63) is 47.3 Å². The molecule has 2 aromatic rings. The molecule has 1 saturated carbocycles. The minimum Gasteiger partial charge on any atom is -0.484 e. The van der Waals surface area contributed by atoms with E-state index >= 15 is 0 Å². The summed E-state index contributed by atoms with van der Waals surface area (Å²) in [7, 11) is 1.80. The molecule has 1 unspecified atom stereocenters. The molecule has 2 fully saturated rings. The molecule has 10 heteroatoms. The minimum absolute atomic E-state index is 0.0695. The van der Waals surface area contributed by atoms with Crippen LogP contribution in [-0.4, -0.2) is 52.2 Å². The van der Waals surface area contributed by atoms with Gasteiger partial charge in [-0.1, -0.05) is 0 Å². The fourth-order valence-corrected chi connectivity index (χ4v) is 3.94. The number of alkyl halides is 3. The molecule has 0 spiro atoms. The van der Waals surface area contributed by atoms with Crippen molar-refractivity contribution in [2.45, 2.75) is 43.8 Å². The molecular formula is C22H25F3N4O3. The van der Waals surface area contributed by atoms with Crippen LogP contribution < -0.4 is 10.1 Å². The highest BCUT2D eigenvalue weighted by Gasteiger charge is 2.34. The smallest absolute Gasteiger partial charge is 0.416 e. The highest BCUT2D eigenvalue weighted by molar-refractivity contribution is 5.95. The van der Waals surface area contributed by atoms with Crippen LogP contribution in [0.25, 0.3) is 0 Å². The average molecular weight is 450 g/mol. The second-order valence-corrected chi connectivity index (χ2v) is 8.34. The summed E-state index contributed by atoms with van der Waals surface area (Å²) in [4.78, 5) is 27.1. The zero-order valence-electron chi connectivity index (χ0n) is 17.7. The van der Waals surface area contributed by atoms with Crippen molar-refractivity contribution in [1.82, 2.24) is 20.0 Å². The summed E-state index contributed by atoms with van der Waals surface area (Å²) in [6, 6.07) is 3.97. The maximum absolute atomic E-state index is 13.1. The van der Waals surface area contributed by atoms with E-state index in [9.17, 15) is 22.8 Å². The van der Waals surface area contributed by atoms with Gasteiger partial charge in [-0.05, 0) is 49.9 Å². The SMILES string of the molecule is Cn1cc(C(=O)N2CCCC(NC(=O)COc3ccc(C(F)(F)F)cc3)C2)c(C2CC2)n1. The van der Waals surface area contributed by atoms with Gasteiger partial charge in [0.2, 0.25) is 0 Å². The molecule has 0 radical (unpaired) electrons. The molecule has 2 aliphatic rings. The van der Waals surface area contributed by atoms with Gasteiger partial charge in [-0.25, -0.2) is 0 Å². The van der Waals surface area contributed by atoms with Gasteiger partial charge in [0, 0.05) is 38.3 Å². The highest BCUT2D eigenvalue weighted by atomic mass is 19.4. The van der Waals surface area contributed by atoms with Crippen LogP contribution in [0, 0.1) is 0 Å². The van der Waals surface area contributed by atoms with Crippen molar-refractivity contribution in [2.75, 3.05) is 19.7 Å². The number of ether oxygens (including phenoxy) is 1. The van der Waals surface area contributed by atoms with E-state index in [2.05, 4.69) is 10.4 Å². The van der Waals surface area contributed by atoms with Crippen LogP contribution in [-0.2, 0) is 18.0 Å². The van der Waals surface area contributed by atoms with Gasteiger partial charge in [0.1, 0.15) is 5.75 Å². The van der Waals surface area contributed by atoms with Crippen LogP contribution in [0.2, 0.25) is 0 Å². The van der Waals surface area contributed by atoms with Crippen LogP contribution in [0.1, 0.15) is 53.2 Å². The topological polar surface area (TPSA) is 76.5 Å². The molecule has 4 rings (SSSR count). The monoisotopic (exact) mass is 450 g/mol. The van der Waals surface area contributed by atoms with Gasteiger partial charge >= 0.3 is 6.18 Å². The summed E-state index contributed by atoms with van der Waals surface area (Å²) in [6.45, 7) is 0.695. The highest BCUT2D eigenvalue weighted by Crippen LogP contribution is 2.41. The number of aryl methyl sites for hydroxylation is 1. The molecule has 7 nitrogen and oxygen atoms in total. The van der Waals surface area contributed by atoms with Gasteiger partial charge in [-0.3, -0.25) is 14.3 Å². The van der Waals surface area contributed by atoms with Crippen molar-refractivity contribution >= 4 is 11.8 Å². The lowest BCUT2D eigenvalue weighted by atomic mass is 10.0. The van der Waals surface area contributed by atoms with E-state index in [1.54, 1.807) is 22.8 Å². The molecular weight excluding hydrogens is 425 g/mol. The number of nitrogens with one attached hydrogen (secondary N) is 1. The first-order valence-electron chi connectivity index (χ1n) is 10.6. The Morgan fingerprint density at radius 3 is 2.56 bits per heavy atom. The Balaban J connectivity index is 1.29. The Morgan fingerprint density at radius 1 is 1.19 bits per heavy atom. The van der Waals surface area contributed by atoms with Crippen molar-refractivity contribution in [3.8, 4) is 5.75 Å². The number of benzene rings is 1. The predicted molar refractivity (Wildman–Crippen MR) is 109 cm³/mol. The largest absolute Gasteiger partial charge is 0.484 e. The molecule has 32 heavy (non-hydrogen) atoms. The van der Waals surface area contributed by atoms with Crippen LogP contribution in [0.5, 0.6) is 5.75 Å². The van der Waals surface area contributed by atoms with Crippen LogP contribution in [0.3, 0.4) is 0 Å². The lowest BCUT2D eigenvalue weighted by Gasteiger charge is -2.33. The Morgan fingerprint density at radius 2 is 1.91 bits per heavy atom. The summed E-state index contributed by atoms with van der Waals surface area (Å²) in [5.74, 6) is 0.0831. The third-order valence-corrected chi connectivity index (χ3v) is 5.68. The first-order chi connectivity index (χ1) is 15.2. The maximum Gasteiger partial charge on any atom is 0.416 e. The van der Waals surface area contributed by atoms with Crippen LogP contribution in [0.15, 0.2) is 30.5 Å². The minimum atomic E-state index is -4.42. The van der Waals surface area contributed by atoms with Gasteiger partial charge < -0.3 is 15.0 Å². The number of amides is 2. The molecule has 1 aromatic carbocycles. The van der Waals surface area contributed by atoms with E-state index in [1.165, 1.54) is 12.1 Å². The number of hydrogen-bond acceptors (Lipinski definition) is 4. The Bertz CT molecular complexity index is 983. The summed E-state index contributed by atoms with van der Waals surface area (Å²) >= 11 is 0. The molecule has 1 aliphatic carbocycles. The number of nitrogens with zero attached hydrogens (tertiary/aromatic N) is 3. The van der Waals surface area contributed by atoms with Crippen molar-refractivity contribution < 1.29 is 27.5 Å². The Kier molecular flexibility index (Phi) is 6.12. The lowest BCUT2D eigenvalue weighted by molar-refractivity contribution is -0.137. The van der Waals surface area contributed by atoms with E-state index in [0.717, 1.165) is 43.5 Å². The van der Waals surface area contributed by atoms with E-state index < -0.39 is 11.7 Å². The standard InChI is InChI=1S/C22H25F3N4O3/c1-28-12-18(20(27-28)14-4-5-14)21(31)29-10-2-3-16(11-29)26-19(30)13-32-17-8-6-15(7-9-17)22(23,24)25/h6-9,12,14,16H,2-5,10-11,13H2,1H3,(H,26,30). The molecule has 1 aromatic heterocycles. The summed E-state index contributed by atoms with van der Waals surface area (Å²) in [6.07, 6.45) is 0.934. The zero-order valence-corrected chi connectivity index (χ0v) is 17.7. The van der Waals surface area contributed by atoms with E-state index in [4.69, 9.17) is 4.74 Å². The molecule has 1 saturated heterocycles. The normalized spacial score (nSPS) is 19.0. The van der Waals surface area contributed by atoms with Crippen molar-refractivity contribution in [3.63, 3.8) is 0 Å². The lowest BCUT2D eigenvalue weighted by Crippen LogP contribution is -2.50. The number of hydrogen-bond donors (Lipinski definition) is 1. The number of halogens is 3. The quantitative estimate of drug-likeness (QED) is 0.734. The zero-order chi connectivity index (χ0) is 22.9. The molecule has 1 atom stereocenters. The van der Waals surface area contributed by atoms with Gasteiger partial charge in [0.25, 0.3) is 11.8 Å². The third kappa shape index (κ3) is 5.23. The first-order valence-corrected chi connectivity index (χ1v) is 10.6.